The van der Waals surface area contributed by atoms with Crippen molar-refractivity contribution in [2.45, 2.75) is 36.6 Å². The molecule has 0 aliphatic carbocycles. The molecular weight excluding hydrogens is 396 g/mol. The average molecular weight is 423 g/mol. The van der Waals surface area contributed by atoms with Gasteiger partial charge < -0.3 is 15.5 Å². The lowest BCUT2D eigenvalue weighted by Crippen LogP contribution is -2.48. The fourth-order valence-corrected chi connectivity index (χ4v) is 5.30. The molecule has 10 heteroatoms. The normalized spacial score (nSPS) is 19.9. The molecule has 2 fully saturated rings. The molecule has 2 saturated heterocycles. The summed E-state index contributed by atoms with van der Waals surface area (Å²) in [6, 6.07) is 5.30. The highest BCUT2D eigenvalue weighted by molar-refractivity contribution is 7.89. The summed E-state index contributed by atoms with van der Waals surface area (Å²) in [6.45, 7) is 1.18. The molecule has 2 heterocycles. The molecular formula is C19H26N4O5S. The molecule has 0 saturated carbocycles. The van der Waals surface area contributed by atoms with Crippen molar-refractivity contribution >= 4 is 27.7 Å². The molecule has 3 rings (SSSR count). The van der Waals surface area contributed by atoms with E-state index in [9.17, 15) is 22.8 Å². The maximum Gasteiger partial charge on any atom is 0.251 e. The third-order valence-corrected chi connectivity index (χ3v) is 7.22. The Labute approximate surface area is 170 Å². The number of hydrogen-bond acceptors (Lipinski definition) is 5. The number of likely N-dealkylation sites (tertiary alicyclic amines) is 1. The lowest BCUT2D eigenvalue weighted by molar-refractivity contribution is -0.137. The van der Waals surface area contributed by atoms with Gasteiger partial charge in [-0.05, 0) is 43.9 Å². The summed E-state index contributed by atoms with van der Waals surface area (Å²) < 4.78 is 26.8. The zero-order chi connectivity index (χ0) is 21.0. The Morgan fingerprint density at radius 1 is 1.10 bits per heavy atom. The largest absolute Gasteiger partial charge is 0.357 e. The number of nitrogens with one attached hydrogen (secondary N) is 2. The van der Waals surface area contributed by atoms with Crippen LogP contribution < -0.4 is 10.6 Å². The highest BCUT2D eigenvalue weighted by Gasteiger charge is 2.33. The Kier molecular flexibility index (Phi) is 6.53. The maximum absolute atomic E-state index is 12.7. The number of sulfonamides is 1. The van der Waals surface area contributed by atoms with Gasteiger partial charge in [0.25, 0.3) is 5.91 Å². The minimum absolute atomic E-state index is 0.0672. The molecule has 29 heavy (non-hydrogen) atoms. The Morgan fingerprint density at radius 2 is 1.83 bits per heavy atom. The second-order valence-electron chi connectivity index (χ2n) is 7.18. The molecule has 2 aliphatic heterocycles. The number of amides is 3. The SMILES string of the molecule is CNC(=O)C1CCCN1C(=O)CNC(=O)c1cccc(S(=O)(=O)N2CCCC2)c1. The Bertz CT molecular complexity index is 896. The van der Waals surface area contributed by atoms with Gasteiger partial charge in [0.2, 0.25) is 21.8 Å². The zero-order valence-corrected chi connectivity index (χ0v) is 17.2. The van der Waals surface area contributed by atoms with Crippen molar-refractivity contribution in [3.05, 3.63) is 29.8 Å². The van der Waals surface area contributed by atoms with Crippen molar-refractivity contribution in [2.24, 2.45) is 0 Å². The molecule has 0 bridgehead atoms. The first-order chi connectivity index (χ1) is 13.8. The molecule has 1 atom stereocenters. The number of nitrogens with zero attached hydrogens (tertiary/aromatic N) is 2. The first-order valence-corrected chi connectivity index (χ1v) is 11.2. The van der Waals surface area contributed by atoms with Gasteiger partial charge in [0.05, 0.1) is 11.4 Å². The van der Waals surface area contributed by atoms with Crippen LogP contribution in [0.25, 0.3) is 0 Å². The van der Waals surface area contributed by atoms with Gasteiger partial charge in [-0.3, -0.25) is 14.4 Å². The molecule has 2 N–H and O–H groups in total. The molecule has 1 aromatic rings. The van der Waals surface area contributed by atoms with E-state index in [4.69, 9.17) is 0 Å². The van der Waals surface area contributed by atoms with E-state index in [0.29, 0.717) is 26.1 Å². The Hall–Kier alpha value is -2.46. The minimum Gasteiger partial charge on any atom is -0.357 e. The van der Waals surface area contributed by atoms with Gasteiger partial charge in [0.1, 0.15) is 6.04 Å². The quantitative estimate of drug-likeness (QED) is 0.666. The second kappa shape index (κ2) is 8.91. The molecule has 1 unspecified atom stereocenters. The van der Waals surface area contributed by atoms with E-state index in [1.807, 2.05) is 0 Å². The molecule has 2 aliphatic rings. The van der Waals surface area contributed by atoms with Gasteiger partial charge >= 0.3 is 0 Å². The van der Waals surface area contributed by atoms with Gasteiger partial charge in [-0.15, -0.1) is 0 Å². The van der Waals surface area contributed by atoms with E-state index in [1.54, 1.807) is 0 Å². The van der Waals surface area contributed by atoms with Crippen LogP contribution in [0.1, 0.15) is 36.0 Å². The highest BCUT2D eigenvalue weighted by atomic mass is 32.2. The van der Waals surface area contributed by atoms with Gasteiger partial charge in [0, 0.05) is 32.2 Å². The predicted octanol–water partition coefficient (Wildman–Crippen LogP) is -0.0621. The molecule has 0 spiro atoms. The maximum atomic E-state index is 12.7. The smallest absolute Gasteiger partial charge is 0.251 e. The Balaban J connectivity index is 1.64. The van der Waals surface area contributed by atoms with Crippen LogP contribution in [0.5, 0.6) is 0 Å². The fraction of sp³-hybridized carbons (Fsp3) is 0.526. The molecule has 0 aromatic heterocycles. The van der Waals surface area contributed by atoms with Crippen molar-refractivity contribution in [2.75, 3.05) is 33.2 Å². The lowest BCUT2D eigenvalue weighted by Gasteiger charge is -2.23. The standard InChI is InChI=1S/C19H26N4O5S/c1-20-19(26)16-8-5-11-23(16)17(24)13-21-18(25)14-6-4-7-15(12-14)29(27,28)22-9-2-3-10-22/h4,6-7,12,16H,2-3,5,8-11,13H2,1H3,(H,20,26)(H,21,25). The van der Waals surface area contributed by atoms with E-state index in [-0.39, 0.29) is 28.8 Å². The van der Waals surface area contributed by atoms with Crippen molar-refractivity contribution in [3.8, 4) is 0 Å². The van der Waals surface area contributed by atoms with Crippen LogP contribution in [-0.4, -0.2) is 74.6 Å². The van der Waals surface area contributed by atoms with Crippen molar-refractivity contribution in [3.63, 3.8) is 0 Å². The lowest BCUT2D eigenvalue weighted by atomic mass is 10.2. The highest BCUT2D eigenvalue weighted by Crippen LogP contribution is 2.21. The van der Waals surface area contributed by atoms with E-state index in [0.717, 1.165) is 19.3 Å². The average Bonchev–Trinajstić information content (AvgIpc) is 3.43. The first-order valence-electron chi connectivity index (χ1n) is 9.74. The summed E-state index contributed by atoms with van der Waals surface area (Å²) in [6.07, 6.45) is 2.98. The van der Waals surface area contributed by atoms with Crippen molar-refractivity contribution < 1.29 is 22.8 Å². The first kappa shape index (κ1) is 21.3. The number of hydrogen-bond donors (Lipinski definition) is 2. The van der Waals surface area contributed by atoms with Crippen molar-refractivity contribution in [1.82, 2.24) is 19.8 Å². The second-order valence-corrected chi connectivity index (χ2v) is 9.12. The van der Waals surface area contributed by atoms with Crippen LogP contribution in [0, 0.1) is 0 Å². The summed E-state index contributed by atoms with van der Waals surface area (Å²) in [5.74, 6) is -1.10. The molecule has 158 valence electrons. The van der Waals surface area contributed by atoms with Crippen LogP contribution >= 0.6 is 0 Å². The summed E-state index contributed by atoms with van der Waals surface area (Å²) in [5.41, 5.74) is 0.169. The zero-order valence-electron chi connectivity index (χ0n) is 16.4. The van der Waals surface area contributed by atoms with Crippen molar-refractivity contribution in [1.29, 1.82) is 0 Å². The predicted molar refractivity (Wildman–Crippen MR) is 106 cm³/mol. The summed E-state index contributed by atoms with van der Waals surface area (Å²) in [5, 5.41) is 5.08. The summed E-state index contributed by atoms with van der Waals surface area (Å²) in [4.78, 5) is 38.3. The van der Waals surface area contributed by atoms with E-state index >= 15 is 0 Å². The Morgan fingerprint density at radius 3 is 2.52 bits per heavy atom. The number of benzene rings is 1. The topological polar surface area (TPSA) is 116 Å². The summed E-state index contributed by atoms with van der Waals surface area (Å²) >= 11 is 0. The minimum atomic E-state index is -3.63. The van der Waals surface area contributed by atoms with Crippen LogP contribution in [0.2, 0.25) is 0 Å². The van der Waals surface area contributed by atoms with E-state index in [1.165, 1.54) is 40.5 Å². The van der Waals surface area contributed by atoms with Gasteiger partial charge in [-0.2, -0.15) is 4.31 Å². The van der Waals surface area contributed by atoms with Gasteiger partial charge in [0.15, 0.2) is 0 Å². The number of carbonyl (C=O) groups is 3. The van der Waals surface area contributed by atoms with E-state index in [2.05, 4.69) is 10.6 Å². The van der Waals surface area contributed by atoms with Gasteiger partial charge in [-0.1, -0.05) is 6.07 Å². The number of rotatable bonds is 6. The van der Waals surface area contributed by atoms with Gasteiger partial charge in [-0.25, -0.2) is 8.42 Å². The van der Waals surface area contributed by atoms with Crippen LogP contribution in [0.4, 0.5) is 0 Å². The van der Waals surface area contributed by atoms with Crippen LogP contribution in [0.15, 0.2) is 29.2 Å². The van der Waals surface area contributed by atoms with E-state index < -0.39 is 22.0 Å². The third-order valence-electron chi connectivity index (χ3n) is 5.32. The molecule has 1 aromatic carbocycles. The number of carbonyl (C=O) groups excluding carboxylic acids is 3. The molecule has 9 nitrogen and oxygen atoms in total. The fourth-order valence-electron chi connectivity index (χ4n) is 3.74. The number of likely N-dealkylation sites (N-methyl/N-ethyl adjacent to an activating group) is 1. The third kappa shape index (κ3) is 4.59. The molecule has 3 amide bonds. The van der Waals surface area contributed by atoms with Crippen LogP contribution in [0.3, 0.4) is 0 Å². The summed E-state index contributed by atoms with van der Waals surface area (Å²) in [7, 11) is -2.10. The monoisotopic (exact) mass is 422 g/mol. The van der Waals surface area contributed by atoms with Crippen LogP contribution in [-0.2, 0) is 19.6 Å². The molecule has 0 radical (unpaired) electrons.